The van der Waals surface area contributed by atoms with Crippen LogP contribution in [0.2, 0.25) is 0 Å². The molecule has 2 N–H and O–H groups in total. The minimum atomic E-state index is -0.920. The summed E-state index contributed by atoms with van der Waals surface area (Å²) in [6.45, 7) is 7.45. The van der Waals surface area contributed by atoms with Gasteiger partial charge in [0.05, 0.1) is 17.9 Å². The predicted octanol–water partition coefficient (Wildman–Crippen LogP) is 2.27. The van der Waals surface area contributed by atoms with Gasteiger partial charge in [0.25, 0.3) is 5.91 Å². The molecule has 4 rings (SSSR count). The van der Waals surface area contributed by atoms with Gasteiger partial charge in [-0.25, -0.2) is 9.78 Å². The fraction of sp³-hybridized carbons (Fsp3) is 0.381. The molecule has 0 bridgehead atoms. The normalized spacial score (nSPS) is 16.3. The minimum absolute atomic E-state index is 0.152. The minimum Gasteiger partial charge on any atom is -0.493 e. The van der Waals surface area contributed by atoms with Crippen molar-refractivity contribution in [3.05, 3.63) is 41.9 Å². The predicted molar refractivity (Wildman–Crippen MR) is 117 cm³/mol. The van der Waals surface area contributed by atoms with Crippen LogP contribution in [0.5, 0.6) is 5.75 Å². The van der Waals surface area contributed by atoms with E-state index in [1.807, 2.05) is 31.9 Å². The van der Waals surface area contributed by atoms with Gasteiger partial charge in [-0.15, -0.1) is 10.2 Å². The average molecular weight is 439 g/mol. The molecule has 11 heteroatoms. The average Bonchev–Trinajstić information content (AvgIpc) is 3.12. The van der Waals surface area contributed by atoms with Crippen LogP contribution in [0.25, 0.3) is 5.65 Å². The van der Waals surface area contributed by atoms with E-state index in [4.69, 9.17) is 4.74 Å². The number of pyridine rings is 1. The monoisotopic (exact) mass is 439 g/mol. The van der Waals surface area contributed by atoms with Crippen molar-refractivity contribution in [3.63, 3.8) is 0 Å². The SMILES string of the molecule is CCOc1cc2nc(C)cn2cc1C(=O)Nc1ccc(N2CCN(C(=O)O)C(C)C2)nn1. The van der Waals surface area contributed by atoms with Crippen molar-refractivity contribution in [1.82, 2.24) is 24.5 Å². The Bertz CT molecular complexity index is 1150. The second-order valence-electron chi connectivity index (χ2n) is 7.63. The first-order valence-electron chi connectivity index (χ1n) is 10.4. The Kier molecular flexibility index (Phi) is 5.80. The zero-order valence-corrected chi connectivity index (χ0v) is 18.1. The Morgan fingerprint density at radius 1 is 1.25 bits per heavy atom. The molecule has 3 aromatic rings. The number of hydrogen-bond acceptors (Lipinski definition) is 7. The molecular weight excluding hydrogens is 414 g/mol. The number of anilines is 2. The number of aryl methyl sites for hydroxylation is 1. The number of hydrogen-bond donors (Lipinski definition) is 2. The molecule has 168 valence electrons. The topological polar surface area (TPSA) is 125 Å². The van der Waals surface area contributed by atoms with Gasteiger partial charge in [0.1, 0.15) is 11.4 Å². The number of piperazine rings is 1. The van der Waals surface area contributed by atoms with Gasteiger partial charge in [-0.3, -0.25) is 4.79 Å². The van der Waals surface area contributed by atoms with Crippen LogP contribution in [0.4, 0.5) is 16.4 Å². The zero-order valence-electron chi connectivity index (χ0n) is 18.1. The van der Waals surface area contributed by atoms with Crippen LogP contribution >= 0.6 is 0 Å². The molecule has 0 aliphatic carbocycles. The summed E-state index contributed by atoms with van der Waals surface area (Å²) in [6.07, 6.45) is 2.60. The van der Waals surface area contributed by atoms with Crippen molar-refractivity contribution in [2.45, 2.75) is 26.8 Å². The number of fused-ring (bicyclic) bond motifs is 1. The molecule has 3 aromatic heterocycles. The van der Waals surface area contributed by atoms with Crippen LogP contribution in [-0.2, 0) is 0 Å². The maximum Gasteiger partial charge on any atom is 0.407 e. The lowest BCUT2D eigenvalue weighted by Crippen LogP contribution is -2.54. The van der Waals surface area contributed by atoms with E-state index in [-0.39, 0.29) is 11.9 Å². The van der Waals surface area contributed by atoms with E-state index in [0.29, 0.717) is 54.8 Å². The van der Waals surface area contributed by atoms with Gasteiger partial charge < -0.3 is 29.4 Å². The Morgan fingerprint density at radius 3 is 2.72 bits per heavy atom. The molecule has 0 saturated carbocycles. The van der Waals surface area contributed by atoms with Crippen LogP contribution in [0, 0.1) is 6.92 Å². The number of amides is 2. The van der Waals surface area contributed by atoms with Gasteiger partial charge in [-0.2, -0.15) is 0 Å². The Hall–Kier alpha value is -3.89. The summed E-state index contributed by atoms with van der Waals surface area (Å²) in [5.41, 5.74) is 1.90. The van der Waals surface area contributed by atoms with E-state index in [1.54, 1.807) is 28.8 Å². The van der Waals surface area contributed by atoms with Crippen molar-refractivity contribution in [3.8, 4) is 5.75 Å². The molecule has 11 nitrogen and oxygen atoms in total. The molecule has 0 spiro atoms. The van der Waals surface area contributed by atoms with E-state index >= 15 is 0 Å². The number of nitrogens with zero attached hydrogens (tertiary/aromatic N) is 6. The summed E-state index contributed by atoms with van der Waals surface area (Å²) in [4.78, 5) is 32.0. The maximum absolute atomic E-state index is 12.9. The standard InChI is InChI=1S/C21H25N7O4/c1-4-32-16-9-19-22-13(2)10-27(19)12-15(16)20(29)23-17-5-6-18(25-24-17)26-7-8-28(21(30)31)14(3)11-26/h5-6,9-10,12,14H,4,7-8,11H2,1-3H3,(H,30,31)(H,23,24,29). The van der Waals surface area contributed by atoms with E-state index in [9.17, 15) is 14.7 Å². The summed E-state index contributed by atoms with van der Waals surface area (Å²) in [5.74, 6) is 1.01. The van der Waals surface area contributed by atoms with E-state index in [0.717, 1.165) is 5.69 Å². The first kappa shape index (κ1) is 21.3. The second-order valence-corrected chi connectivity index (χ2v) is 7.63. The smallest absolute Gasteiger partial charge is 0.407 e. The van der Waals surface area contributed by atoms with Gasteiger partial charge in [0, 0.05) is 44.1 Å². The summed E-state index contributed by atoms with van der Waals surface area (Å²) in [6, 6.07) is 5.02. The molecule has 1 saturated heterocycles. The number of imidazole rings is 1. The van der Waals surface area contributed by atoms with Gasteiger partial charge in [-0.1, -0.05) is 0 Å². The third-order valence-electron chi connectivity index (χ3n) is 5.31. The lowest BCUT2D eigenvalue weighted by molar-refractivity contribution is 0.102. The van der Waals surface area contributed by atoms with Crippen LogP contribution < -0.4 is 15.0 Å². The summed E-state index contributed by atoms with van der Waals surface area (Å²) in [7, 11) is 0. The molecule has 4 heterocycles. The van der Waals surface area contributed by atoms with Crippen LogP contribution in [0.1, 0.15) is 29.9 Å². The number of carbonyl (C=O) groups is 2. The third kappa shape index (κ3) is 4.27. The fourth-order valence-corrected chi connectivity index (χ4v) is 3.78. The first-order chi connectivity index (χ1) is 15.4. The fourth-order valence-electron chi connectivity index (χ4n) is 3.78. The number of rotatable bonds is 5. The van der Waals surface area contributed by atoms with Crippen molar-refractivity contribution in [2.75, 3.05) is 36.5 Å². The molecule has 32 heavy (non-hydrogen) atoms. The van der Waals surface area contributed by atoms with Crippen molar-refractivity contribution in [1.29, 1.82) is 0 Å². The Morgan fingerprint density at radius 2 is 2.06 bits per heavy atom. The lowest BCUT2D eigenvalue weighted by Gasteiger charge is -2.38. The molecular formula is C21H25N7O4. The lowest BCUT2D eigenvalue weighted by atomic mass is 10.2. The van der Waals surface area contributed by atoms with Crippen molar-refractivity contribution < 1.29 is 19.4 Å². The second kappa shape index (κ2) is 8.69. The van der Waals surface area contributed by atoms with Crippen LogP contribution in [-0.4, -0.2) is 73.9 Å². The van der Waals surface area contributed by atoms with Crippen LogP contribution in [0.15, 0.2) is 30.6 Å². The Balaban J connectivity index is 1.48. The molecule has 0 aromatic carbocycles. The summed E-state index contributed by atoms with van der Waals surface area (Å²) in [5, 5.41) is 20.3. The van der Waals surface area contributed by atoms with Gasteiger partial charge in [-0.05, 0) is 32.9 Å². The van der Waals surface area contributed by atoms with Crippen LogP contribution in [0.3, 0.4) is 0 Å². The van der Waals surface area contributed by atoms with Crippen molar-refractivity contribution in [2.24, 2.45) is 0 Å². The molecule has 2 amide bonds. The quantitative estimate of drug-likeness (QED) is 0.620. The largest absolute Gasteiger partial charge is 0.493 e. The van der Waals surface area contributed by atoms with E-state index < -0.39 is 6.09 Å². The molecule has 0 radical (unpaired) electrons. The maximum atomic E-state index is 12.9. The van der Waals surface area contributed by atoms with E-state index in [2.05, 4.69) is 20.5 Å². The third-order valence-corrected chi connectivity index (χ3v) is 5.31. The number of ether oxygens (including phenoxy) is 1. The van der Waals surface area contributed by atoms with Crippen molar-refractivity contribution >= 4 is 29.3 Å². The van der Waals surface area contributed by atoms with E-state index in [1.165, 1.54) is 4.90 Å². The highest BCUT2D eigenvalue weighted by molar-refractivity contribution is 6.05. The number of carboxylic acid groups (broad SMARTS) is 1. The summed E-state index contributed by atoms with van der Waals surface area (Å²) >= 11 is 0. The highest BCUT2D eigenvalue weighted by Crippen LogP contribution is 2.23. The number of aromatic nitrogens is 4. The molecule has 1 atom stereocenters. The first-order valence-corrected chi connectivity index (χ1v) is 10.4. The molecule has 1 aliphatic rings. The van der Waals surface area contributed by atoms with Gasteiger partial charge in [0.15, 0.2) is 11.6 Å². The highest BCUT2D eigenvalue weighted by atomic mass is 16.5. The number of carbonyl (C=O) groups excluding carboxylic acids is 1. The van der Waals surface area contributed by atoms with Gasteiger partial charge in [0.2, 0.25) is 0 Å². The Labute approximate surface area is 184 Å². The molecule has 1 fully saturated rings. The van der Waals surface area contributed by atoms with Gasteiger partial charge >= 0.3 is 6.09 Å². The number of nitrogens with one attached hydrogen (secondary N) is 1. The molecule has 1 aliphatic heterocycles. The molecule has 1 unspecified atom stereocenters. The summed E-state index contributed by atoms with van der Waals surface area (Å²) < 4.78 is 7.42. The zero-order chi connectivity index (χ0) is 22.8. The highest BCUT2D eigenvalue weighted by Gasteiger charge is 2.28.